The Labute approximate surface area is 135 Å². The Morgan fingerprint density at radius 2 is 2.00 bits per heavy atom. The summed E-state index contributed by atoms with van der Waals surface area (Å²) in [6, 6.07) is 10.8. The molecule has 0 bridgehead atoms. The zero-order valence-corrected chi connectivity index (χ0v) is 13.2. The summed E-state index contributed by atoms with van der Waals surface area (Å²) in [5, 5.41) is 14.5. The first-order valence-electron chi connectivity index (χ1n) is 7.30. The first-order chi connectivity index (χ1) is 10.7. The van der Waals surface area contributed by atoms with Crippen LogP contribution in [0.15, 0.2) is 36.4 Å². The Hall–Kier alpha value is -2.14. The van der Waals surface area contributed by atoms with Crippen molar-refractivity contribution >= 4 is 23.3 Å². The van der Waals surface area contributed by atoms with Crippen LogP contribution in [0.1, 0.15) is 35.8 Å². The largest absolute Gasteiger partial charge is 0.369 e. The Kier molecular flexibility index (Phi) is 6.15. The van der Waals surface area contributed by atoms with Gasteiger partial charge in [-0.15, -0.1) is 10.2 Å². The van der Waals surface area contributed by atoms with Gasteiger partial charge in [-0.25, -0.2) is 0 Å². The minimum atomic E-state index is -0.271. The predicted molar refractivity (Wildman–Crippen MR) is 88.1 cm³/mol. The second-order valence-corrected chi connectivity index (χ2v) is 5.27. The zero-order valence-electron chi connectivity index (χ0n) is 12.5. The summed E-state index contributed by atoms with van der Waals surface area (Å²) in [6.45, 7) is 3.33. The first-order valence-corrected chi connectivity index (χ1v) is 7.67. The minimum Gasteiger partial charge on any atom is -0.369 e. The van der Waals surface area contributed by atoms with E-state index in [1.165, 1.54) is 0 Å². The monoisotopic (exact) mass is 318 g/mol. The van der Waals surface area contributed by atoms with E-state index in [1.807, 2.05) is 18.2 Å². The standard InChI is InChI=1S/C16H19ClN4O/c1-2-3-10-18-15-9-8-14(20-21-15)16(22)19-11-12-6-4-5-7-13(12)17/h4-9H,2-3,10-11H2,1H3,(H,18,21)(H,19,22). The van der Waals surface area contributed by atoms with Gasteiger partial charge in [-0.2, -0.15) is 0 Å². The average Bonchev–Trinajstić information content (AvgIpc) is 2.55. The number of hydrogen-bond donors (Lipinski definition) is 2. The fraction of sp³-hybridized carbons (Fsp3) is 0.312. The molecule has 6 heteroatoms. The van der Waals surface area contributed by atoms with Crippen LogP contribution in [0, 0.1) is 0 Å². The van der Waals surface area contributed by atoms with Crippen LogP contribution in [0.3, 0.4) is 0 Å². The molecule has 0 aliphatic carbocycles. The molecule has 116 valence electrons. The highest BCUT2D eigenvalue weighted by Crippen LogP contribution is 2.14. The molecule has 0 atom stereocenters. The number of nitrogens with one attached hydrogen (secondary N) is 2. The Bertz CT molecular complexity index is 616. The molecular weight excluding hydrogens is 300 g/mol. The van der Waals surface area contributed by atoms with Crippen molar-refractivity contribution in [2.45, 2.75) is 26.3 Å². The molecule has 0 spiro atoms. The summed E-state index contributed by atoms with van der Waals surface area (Å²) >= 11 is 6.05. The summed E-state index contributed by atoms with van der Waals surface area (Å²) in [6.07, 6.45) is 2.19. The maximum absolute atomic E-state index is 12.0. The molecule has 0 fully saturated rings. The average molecular weight is 319 g/mol. The van der Waals surface area contributed by atoms with Crippen molar-refractivity contribution in [2.24, 2.45) is 0 Å². The maximum Gasteiger partial charge on any atom is 0.272 e. The Balaban J connectivity index is 1.88. The molecule has 2 rings (SSSR count). The SMILES string of the molecule is CCCCNc1ccc(C(=O)NCc2ccccc2Cl)nn1. The number of anilines is 1. The van der Waals surface area contributed by atoms with E-state index < -0.39 is 0 Å². The van der Waals surface area contributed by atoms with Gasteiger partial charge in [0.1, 0.15) is 5.82 Å². The van der Waals surface area contributed by atoms with Crippen molar-refractivity contribution in [1.82, 2.24) is 15.5 Å². The highest BCUT2D eigenvalue weighted by molar-refractivity contribution is 6.31. The third-order valence-electron chi connectivity index (χ3n) is 3.13. The van der Waals surface area contributed by atoms with E-state index in [-0.39, 0.29) is 11.6 Å². The predicted octanol–water partition coefficient (Wildman–Crippen LogP) is 3.27. The normalized spacial score (nSPS) is 10.3. The lowest BCUT2D eigenvalue weighted by molar-refractivity contribution is 0.0945. The molecule has 0 unspecified atom stereocenters. The molecule has 2 aromatic rings. The van der Waals surface area contributed by atoms with Crippen LogP contribution >= 0.6 is 11.6 Å². The lowest BCUT2D eigenvalue weighted by atomic mass is 10.2. The zero-order chi connectivity index (χ0) is 15.8. The number of unbranched alkanes of at least 4 members (excludes halogenated alkanes) is 1. The highest BCUT2D eigenvalue weighted by atomic mass is 35.5. The lowest BCUT2D eigenvalue weighted by Crippen LogP contribution is -2.24. The van der Waals surface area contributed by atoms with Gasteiger partial charge in [0.05, 0.1) is 0 Å². The fourth-order valence-electron chi connectivity index (χ4n) is 1.85. The van der Waals surface area contributed by atoms with Crippen LogP contribution < -0.4 is 10.6 Å². The van der Waals surface area contributed by atoms with E-state index >= 15 is 0 Å². The maximum atomic E-state index is 12.0. The van der Waals surface area contributed by atoms with E-state index in [0.717, 1.165) is 24.9 Å². The minimum absolute atomic E-state index is 0.271. The van der Waals surface area contributed by atoms with Crippen LogP contribution in [-0.2, 0) is 6.54 Å². The second-order valence-electron chi connectivity index (χ2n) is 4.86. The van der Waals surface area contributed by atoms with E-state index in [2.05, 4.69) is 27.8 Å². The number of hydrogen-bond acceptors (Lipinski definition) is 4. The second kappa shape index (κ2) is 8.34. The summed E-state index contributed by atoms with van der Waals surface area (Å²) in [4.78, 5) is 12.0. The quantitative estimate of drug-likeness (QED) is 0.769. The molecule has 1 aromatic carbocycles. The highest BCUT2D eigenvalue weighted by Gasteiger charge is 2.08. The number of rotatable bonds is 7. The summed E-state index contributed by atoms with van der Waals surface area (Å²) in [7, 11) is 0. The van der Waals surface area contributed by atoms with Crippen LogP contribution in [0.25, 0.3) is 0 Å². The third kappa shape index (κ3) is 4.70. The van der Waals surface area contributed by atoms with Gasteiger partial charge in [0.25, 0.3) is 5.91 Å². The number of aromatic nitrogens is 2. The smallest absolute Gasteiger partial charge is 0.272 e. The molecule has 1 aromatic heterocycles. The molecule has 22 heavy (non-hydrogen) atoms. The molecule has 1 heterocycles. The molecule has 2 N–H and O–H groups in total. The molecule has 0 aliphatic heterocycles. The van der Waals surface area contributed by atoms with Gasteiger partial charge in [0.2, 0.25) is 0 Å². The number of benzene rings is 1. The van der Waals surface area contributed by atoms with Crippen LogP contribution in [0.5, 0.6) is 0 Å². The number of amides is 1. The molecule has 1 amide bonds. The Morgan fingerprint density at radius 1 is 1.18 bits per heavy atom. The van der Waals surface area contributed by atoms with E-state index in [9.17, 15) is 4.79 Å². The van der Waals surface area contributed by atoms with E-state index in [1.54, 1.807) is 18.2 Å². The van der Waals surface area contributed by atoms with Crippen molar-refractivity contribution in [2.75, 3.05) is 11.9 Å². The fourth-order valence-corrected chi connectivity index (χ4v) is 2.05. The van der Waals surface area contributed by atoms with E-state index in [4.69, 9.17) is 11.6 Å². The number of halogens is 1. The van der Waals surface area contributed by atoms with Crippen LogP contribution in [-0.4, -0.2) is 22.6 Å². The summed E-state index contributed by atoms with van der Waals surface area (Å²) < 4.78 is 0. The first kappa shape index (κ1) is 16.2. The van der Waals surface area contributed by atoms with Gasteiger partial charge in [0, 0.05) is 18.1 Å². The van der Waals surface area contributed by atoms with Gasteiger partial charge in [-0.3, -0.25) is 4.79 Å². The van der Waals surface area contributed by atoms with Gasteiger partial charge in [-0.1, -0.05) is 43.1 Å². The molecule has 0 radical (unpaired) electrons. The van der Waals surface area contributed by atoms with Crippen molar-refractivity contribution in [3.63, 3.8) is 0 Å². The third-order valence-corrected chi connectivity index (χ3v) is 3.50. The van der Waals surface area contributed by atoms with E-state index in [0.29, 0.717) is 17.4 Å². The van der Waals surface area contributed by atoms with Gasteiger partial charge >= 0.3 is 0 Å². The topological polar surface area (TPSA) is 66.9 Å². The summed E-state index contributed by atoms with van der Waals surface area (Å²) in [5.41, 5.74) is 1.15. The number of carbonyl (C=O) groups is 1. The van der Waals surface area contributed by atoms with Crippen LogP contribution in [0.4, 0.5) is 5.82 Å². The van der Waals surface area contributed by atoms with Crippen molar-refractivity contribution in [1.29, 1.82) is 0 Å². The van der Waals surface area contributed by atoms with Gasteiger partial charge < -0.3 is 10.6 Å². The lowest BCUT2D eigenvalue weighted by Gasteiger charge is -2.07. The molecular formula is C16H19ClN4O. The van der Waals surface area contributed by atoms with Gasteiger partial charge in [-0.05, 0) is 30.2 Å². The van der Waals surface area contributed by atoms with Gasteiger partial charge in [0.15, 0.2) is 5.69 Å². The Morgan fingerprint density at radius 3 is 2.68 bits per heavy atom. The molecule has 0 aliphatic rings. The molecule has 0 saturated carbocycles. The van der Waals surface area contributed by atoms with Crippen molar-refractivity contribution < 1.29 is 4.79 Å². The number of nitrogens with zero attached hydrogens (tertiary/aromatic N) is 2. The molecule has 0 saturated heterocycles. The summed E-state index contributed by atoms with van der Waals surface area (Å²) in [5.74, 6) is 0.406. The van der Waals surface area contributed by atoms with Crippen molar-refractivity contribution in [3.05, 3.63) is 52.7 Å². The van der Waals surface area contributed by atoms with Crippen molar-refractivity contribution in [3.8, 4) is 0 Å². The molecule has 5 nitrogen and oxygen atoms in total. The number of carbonyl (C=O) groups excluding carboxylic acids is 1. The van der Waals surface area contributed by atoms with Crippen LogP contribution in [0.2, 0.25) is 5.02 Å².